The van der Waals surface area contributed by atoms with Gasteiger partial charge in [-0.15, -0.1) is 0 Å². The van der Waals surface area contributed by atoms with E-state index in [1.54, 1.807) is 19.5 Å². The Labute approximate surface area is 231 Å². The first-order valence-electron chi connectivity index (χ1n) is 13.2. The highest BCUT2D eigenvalue weighted by Crippen LogP contribution is 2.25. The lowest BCUT2D eigenvalue weighted by Gasteiger charge is -2.27. The highest BCUT2D eigenvalue weighted by molar-refractivity contribution is 7.88. The van der Waals surface area contributed by atoms with Gasteiger partial charge in [0.1, 0.15) is 5.75 Å². The van der Waals surface area contributed by atoms with E-state index in [0.717, 1.165) is 40.8 Å². The standard InChI is InChI=1S/C29H37N3O6S/c1-35-14-15-36-16-17-37-22-24-19-30-29(31-20-24)25-7-5-23(6-8-25)4-3-13-38-28-10-9-27-21-32(39(2,33)34)12-11-26(27)18-28/h5-10,18-20H,3-4,11-17,21-22H2,1-2H3. The monoisotopic (exact) mass is 555 g/mol. The van der Waals surface area contributed by atoms with Crippen LogP contribution in [-0.4, -0.2) is 75.6 Å². The van der Waals surface area contributed by atoms with Crippen LogP contribution in [0.5, 0.6) is 5.75 Å². The molecular formula is C29H37N3O6S. The Morgan fingerprint density at radius 2 is 1.62 bits per heavy atom. The SMILES string of the molecule is COCCOCCOCc1cnc(-c2ccc(CCCOc3ccc4c(c3)CCN(S(C)(=O)=O)C4)cc2)nc1. The number of rotatable bonds is 15. The second kappa shape index (κ2) is 14.5. The van der Waals surface area contributed by atoms with Crippen molar-refractivity contribution in [3.05, 3.63) is 77.1 Å². The number of methoxy groups -OCH3 is 1. The van der Waals surface area contributed by atoms with Crippen LogP contribution >= 0.6 is 0 Å². The molecule has 0 aliphatic carbocycles. The summed E-state index contributed by atoms with van der Waals surface area (Å²) in [5.74, 6) is 1.52. The molecule has 10 heteroatoms. The van der Waals surface area contributed by atoms with Gasteiger partial charge < -0.3 is 18.9 Å². The molecule has 0 N–H and O–H groups in total. The van der Waals surface area contributed by atoms with Gasteiger partial charge in [-0.3, -0.25) is 0 Å². The van der Waals surface area contributed by atoms with Gasteiger partial charge in [0.05, 0.1) is 45.9 Å². The zero-order valence-corrected chi connectivity index (χ0v) is 23.5. The molecule has 210 valence electrons. The smallest absolute Gasteiger partial charge is 0.211 e. The number of nitrogens with zero attached hydrogens (tertiary/aromatic N) is 3. The Morgan fingerprint density at radius 1 is 0.872 bits per heavy atom. The van der Waals surface area contributed by atoms with E-state index in [2.05, 4.69) is 22.1 Å². The largest absolute Gasteiger partial charge is 0.494 e. The number of hydrogen-bond donors (Lipinski definition) is 0. The fraction of sp³-hybridized carbons (Fsp3) is 0.448. The van der Waals surface area contributed by atoms with Gasteiger partial charge in [-0.2, -0.15) is 4.31 Å². The van der Waals surface area contributed by atoms with Crippen molar-refractivity contribution in [1.82, 2.24) is 14.3 Å². The van der Waals surface area contributed by atoms with Gasteiger partial charge in [0.15, 0.2) is 5.82 Å². The Balaban J connectivity index is 1.17. The molecule has 1 aromatic heterocycles. The van der Waals surface area contributed by atoms with Crippen LogP contribution in [-0.2, 0) is 50.2 Å². The Bertz CT molecular complexity index is 1280. The number of aromatic nitrogens is 2. The molecule has 0 amide bonds. The summed E-state index contributed by atoms with van der Waals surface area (Å²) < 4.78 is 47.0. The van der Waals surface area contributed by atoms with E-state index in [4.69, 9.17) is 18.9 Å². The second-order valence-corrected chi connectivity index (χ2v) is 11.5. The van der Waals surface area contributed by atoms with E-state index in [9.17, 15) is 8.42 Å². The average molecular weight is 556 g/mol. The van der Waals surface area contributed by atoms with Crippen LogP contribution in [0.2, 0.25) is 0 Å². The molecule has 0 saturated heterocycles. The number of sulfonamides is 1. The summed E-state index contributed by atoms with van der Waals surface area (Å²) in [6.45, 7) is 4.19. The van der Waals surface area contributed by atoms with E-state index in [1.807, 2.05) is 30.3 Å². The molecule has 0 atom stereocenters. The van der Waals surface area contributed by atoms with E-state index in [-0.39, 0.29) is 0 Å². The summed E-state index contributed by atoms with van der Waals surface area (Å²) in [6, 6.07) is 14.2. The highest BCUT2D eigenvalue weighted by Gasteiger charge is 2.23. The van der Waals surface area contributed by atoms with Crippen molar-refractivity contribution in [3.8, 4) is 17.1 Å². The highest BCUT2D eigenvalue weighted by atomic mass is 32.2. The number of ether oxygens (including phenoxy) is 4. The Kier molecular flexibility index (Phi) is 10.8. The first kappa shape index (κ1) is 29.1. The van der Waals surface area contributed by atoms with Crippen molar-refractivity contribution < 1.29 is 27.4 Å². The van der Waals surface area contributed by atoms with E-state index in [1.165, 1.54) is 16.1 Å². The molecule has 0 saturated carbocycles. The van der Waals surface area contributed by atoms with Gasteiger partial charge in [-0.25, -0.2) is 18.4 Å². The average Bonchev–Trinajstić information content (AvgIpc) is 2.95. The van der Waals surface area contributed by atoms with E-state index >= 15 is 0 Å². The van der Waals surface area contributed by atoms with Gasteiger partial charge in [0, 0.05) is 43.7 Å². The maximum Gasteiger partial charge on any atom is 0.211 e. The quantitative estimate of drug-likeness (QED) is 0.262. The molecule has 1 aliphatic heterocycles. The molecule has 2 aromatic carbocycles. The van der Waals surface area contributed by atoms with Crippen molar-refractivity contribution in [1.29, 1.82) is 0 Å². The van der Waals surface area contributed by atoms with E-state index < -0.39 is 10.0 Å². The molecular weight excluding hydrogens is 518 g/mol. The van der Waals surface area contributed by atoms with Crippen LogP contribution in [0.4, 0.5) is 0 Å². The van der Waals surface area contributed by atoms with Crippen LogP contribution in [0.3, 0.4) is 0 Å². The van der Waals surface area contributed by atoms with E-state index in [0.29, 0.717) is 65.0 Å². The minimum atomic E-state index is -3.17. The summed E-state index contributed by atoms with van der Waals surface area (Å²) >= 11 is 0. The lowest BCUT2D eigenvalue weighted by atomic mass is 10.0. The van der Waals surface area contributed by atoms with Crippen LogP contribution in [0.1, 0.15) is 28.7 Å². The van der Waals surface area contributed by atoms with Crippen molar-refractivity contribution in [2.45, 2.75) is 32.4 Å². The molecule has 2 heterocycles. The summed E-state index contributed by atoms with van der Waals surface area (Å²) in [5, 5.41) is 0. The molecule has 0 fully saturated rings. The lowest BCUT2D eigenvalue weighted by Crippen LogP contribution is -2.35. The van der Waals surface area contributed by atoms with Crippen LogP contribution in [0, 0.1) is 0 Å². The molecule has 0 radical (unpaired) electrons. The molecule has 4 rings (SSSR count). The zero-order chi connectivity index (χ0) is 27.5. The molecule has 0 spiro atoms. The van der Waals surface area contributed by atoms with Gasteiger partial charge in [-0.1, -0.05) is 30.3 Å². The predicted molar refractivity (Wildman–Crippen MR) is 149 cm³/mol. The third-order valence-electron chi connectivity index (χ3n) is 6.49. The molecule has 0 unspecified atom stereocenters. The first-order chi connectivity index (χ1) is 18.9. The minimum absolute atomic E-state index is 0.430. The number of benzene rings is 2. The van der Waals surface area contributed by atoms with Gasteiger partial charge in [0.25, 0.3) is 0 Å². The summed E-state index contributed by atoms with van der Waals surface area (Å²) in [7, 11) is -1.52. The third kappa shape index (κ3) is 9.08. The predicted octanol–water partition coefficient (Wildman–Crippen LogP) is 3.65. The molecule has 3 aromatic rings. The third-order valence-corrected chi connectivity index (χ3v) is 7.74. The maximum absolute atomic E-state index is 11.8. The van der Waals surface area contributed by atoms with Gasteiger partial charge in [0.2, 0.25) is 10.0 Å². The topological polar surface area (TPSA) is 100 Å². The maximum atomic E-state index is 11.8. The van der Waals surface area contributed by atoms with Crippen molar-refractivity contribution in [2.75, 3.05) is 52.9 Å². The fourth-order valence-electron chi connectivity index (χ4n) is 4.29. The van der Waals surface area contributed by atoms with Crippen molar-refractivity contribution >= 4 is 10.0 Å². The van der Waals surface area contributed by atoms with Crippen molar-refractivity contribution in [3.63, 3.8) is 0 Å². The van der Waals surface area contributed by atoms with Crippen LogP contribution < -0.4 is 4.74 Å². The zero-order valence-electron chi connectivity index (χ0n) is 22.7. The first-order valence-corrected chi connectivity index (χ1v) is 15.0. The second-order valence-electron chi connectivity index (χ2n) is 9.50. The van der Waals surface area contributed by atoms with Crippen LogP contribution in [0.25, 0.3) is 11.4 Å². The molecule has 39 heavy (non-hydrogen) atoms. The van der Waals surface area contributed by atoms with Gasteiger partial charge >= 0.3 is 0 Å². The van der Waals surface area contributed by atoms with Crippen LogP contribution in [0.15, 0.2) is 54.9 Å². The number of aryl methyl sites for hydroxylation is 1. The number of hydrogen-bond acceptors (Lipinski definition) is 8. The molecule has 1 aliphatic rings. The minimum Gasteiger partial charge on any atom is -0.494 e. The number of fused-ring (bicyclic) bond motifs is 1. The van der Waals surface area contributed by atoms with Gasteiger partial charge in [-0.05, 0) is 48.1 Å². The Morgan fingerprint density at radius 3 is 2.36 bits per heavy atom. The normalized spacial score (nSPS) is 13.8. The van der Waals surface area contributed by atoms with Crippen molar-refractivity contribution in [2.24, 2.45) is 0 Å². The Hall–Kier alpha value is -2.89. The molecule has 9 nitrogen and oxygen atoms in total. The summed E-state index contributed by atoms with van der Waals surface area (Å²) in [4.78, 5) is 8.96. The molecule has 0 bridgehead atoms. The summed E-state index contributed by atoms with van der Waals surface area (Å²) in [5.41, 5.74) is 5.32. The lowest BCUT2D eigenvalue weighted by molar-refractivity contribution is 0.0198. The summed E-state index contributed by atoms with van der Waals surface area (Å²) in [6.07, 6.45) is 7.35. The fourth-order valence-corrected chi connectivity index (χ4v) is 5.09.